The van der Waals surface area contributed by atoms with E-state index in [2.05, 4.69) is 22.1 Å². The van der Waals surface area contributed by atoms with Gasteiger partial charge in [0.2, 0.25) is 5.91 Å². The molecule has 1 aromatic heterocycles. The van der Waals surface area contributed by atoms with E-state index in [-0.39, 0.29) is 36.8 Å². The predicted octanol–water partition coefficient (Wildman–Crippen LogP) is 2.95. The second-order valence-electron chi connectivity index (χ2n) is 6.28. The van der Waals surface area contributed by atoms with Gasteiger partial charge >= 0.3 is 0 Å². The Kier molecular flexibility index (Phi) is 9.52. The van der Waals surface area contributed by atoms with Crippen molar-refractivity contribution >= 4 is 47.2 Å². The highest BCUT2D eigenvalue weighted by Crippen LogP contribution is 2.29. The molecule has 1 saturated heterocycles. The molecule has 2 aliphatic rings. The van der Waals surface area contributed by atoms with E-state index in [9.17, 15) is 4.79 Å². The van der Waals surface area contributed by atoms with Crippen LogP contribution in [0.2, 0.25) is 0 Å². The predicted molar refractivity (Wildman–Crippen MR) is 105 cm³/mol. The molecule has 1 amide bonds. The molecule has 1 aromatic rings. The summed E-state index contributed by atoms with van der Waals surface area (Å²) in [6, 6.07) is 0.269. The second-order valence-corrected chi connectivity index (χ2v) is 7.15. The van der Waals surface area contributed by atoms with Crippen LogP contribution in [-0.4, -0.2) is 54.1 Å². The summed E-state index contributed by atoms with van der Waals surface area (Å²) >= 11 is 1.58. The summed E-state index contributed by atoms with van der Waals surface area (Å²) in [6.45, 7) is 5.89. The number of amides is 1. The molecule has 0 aromatic carbocycles. The monoisotopic (exact) mass is 394 g/mol. The third-order valence-corrected chi connectivity index (χ3v) is 5.63. The van der Waals surface area contributed by atoms with Crippen LogP contribution in [0.25, 0.3) is 0 Å². The first-order valence-corrected chi connectivity index (χ1v) is 9.32. The second kappa shape index (κ2) is 10.6. The molecular weight excluding hydrogens is 367 g/mol. The van der Waals surface area contributed by atoms with E-state index in [1.165, 1.54) is 19.3 Å². The highest BCUT2D eigenvalue weighted by atomic mass is 35.5. The Balaban J connectivity index is 0.00000144. The normalized spacial score (nSPS) is 20.5. The average Bonchev–Trinajstić information content (AvgIpc) is 3.10. The number of piperazine rings is 1. The summed E-state index contributed by atoms with van der Waals surface area (Å²) in [5, 5.41) is 6.19. The molecule has 0 spiro atoms. The largest absolute Gasteiger partial charge is 0.314 e. The first-order valence-electron chi connectivity index (χ1n) is 8.44. The zero-order chi connectivity index (χ0) is 15.4. The fourth-order valence-electron chi connectivity index (χ4n) is 3.53. The number of hydrogen-bond acceptors (Lipinski definition) is 5. The van der Waals surface area contributed by atoms with Gasteiger partial charge in [0, 0.05) is 43.8 Å². The number of nitrogens with one attached hydrogen (secondary N) is 1. The smallest absolute Gasteiger partial charge is 0.246 e. The van der Waals surface area contributed by atoms with Crippen molar-refractivity contribution in [3.8, 4) is 0 Å². The SMILES string of the molecule is CC(C(=O)N(c1nccs1)C1CCCCC1)N1CCNCC1.Cl.Cl. The number of thiazole rings is 1. The van der Waals surface area contributed by atoms with Crippen LogP contribution in [0.5, 0.6) is 0 Å². The number of rotatable bonds is 4. The topological polar surface area (TPSA) is 48.5 Å². The van der Waals surface area contributed by atoms with Gasteiger partial charge < -0.3 is 5.32 Å². The van der Waals surface area contributed by atoms with Crippen LogP contribution in [0.15, 0.2) is 11.6 Å². The highest BCUT2D eigenvalue weighted by molar-refractivity contribution is 7.13. The molecule has 1 saturated carbocycles. The number of anilines is 1. The van der Waals surface area contributed by atoms with Crippen LogP contribution >= 0.6 is 36.2 Å². The molecule has 0 radical (unpaired) electrons. The summed E-state index contributed by atoms with van der Waals surface area (Å²) in [5.74, 6) is 0.226. The molecule has 2 fully saturated rings. The summed E-state index contributed by atoms with van der Waals surface area (Å²) in [7, 11) is 0. The minimum Gasteiger partial charge on any atom is -0.314 e. The Morgan fingerprint density at radius 2 is 1.96 bits per heavy atom. The lowest BCUT2D eigenvalue weighted by molar-refractivity contribution is -0.124. The van der Waals surface area contributed by atoms with Crippen LogP contribution < -0.4 is 10.2 Å². The number of aromatic nitrogens is 1. The van der Waals surface area contributed by atoms with Gasteiger partial charge in [0.25, 0.3) is 0 Å². The van der Waals surface area contributed by atoms with Crippen molar-refractivity contribution in [3.63, 3.8) is 0 Å². The molecule has 1 unspecified atom stereocenters. The van der Waals surface area contributed by atoms with Crippen LogP contribution in [0, 0.1) is 0 Å². The third-order valence-electron chi connectivity index (χ3n) is 4.86. The van der Waals surface area contributed by atoms with Crippen LogP contribution in [0.3, 0.4) is 0 Å². The molecule has 138 valence electrons. The van der Waals surface area contributed by atoms with E-state index < -0.39 is 0 Å². The maximum Gasteiger partial charge on any atom is 0.246 e. The molecule has 0 bridgehead atoms. The van der Waals surface area contributed by atoms with Crippen molar-refractivity contribution in [2.24, 2.45) is 0 Å². The van der Waals surface area contributed by atoms with Crippen molar-refractivity contribution in [2.45, 2.75) is 51.1 Å². The van der Waals surface area contributed by atoms with Crippen LogP contribution in [0.1, 0.15) is 39.0 Å². The average molecular weight is 395 g/mol. The molecule has 1 aliphatic carbocycles. The van der Waals surface area contributed by atoms with Gasteiger partial charge in [-0.05, 0) is 19.8 Å². The molecule has 8 heteroatoms. The van der Waals surface area contributed by atoms with Crippen molar-refractivity contribution in [1.82, 2.24) is 15.2 Å². The highest BCUT2D eigenvalue weighted by Gasteiger charge is 2.33. The Morgan fingerprint density at radius 3 is 2.54 bits per heavy atom. The molecule has 1 N–H and O–H groups in total. The molecule has 3 rings (SSSR count). The van der Waals surface area contributed by atoms with Gasteiger partial charge in [0.15, 0.2) is 5.13 Å². The Hall–Kier alpha value is -0.400. The summed E-state index contributed by atoms with van der Waals surface area (Å²) in [6.07, 6.45) is 7.77. The van der Waals surface area contributed by atoms with E-state index in [0.717, 1.165) is 44.2 Å². The lowest BCUT2D eigenvalue weighted by atomic mass is 9.94. The molecular formula is C16H28Cl2N4OS. The first kappa shape index (κ1) is 21.6. The van der Waals surface area contributed by atoms with E-state index in [0.29, 0.717) is 6.04 Å². The molecule has 2 heterocycles. The quantitative estimate of drug-likeness (QED) is 0.852. The lowest BCUT2D eigenvalue weighted by Crippen LogP contribution is -2.55. The summed E-state index contributed by atoms with van der Waals surface area (Å²) in [5.41, 5.74) is 0. The zero-order valence-corrected chi connectivity index (χ0v) is 16.6. The van der Waals surface area contributed by atoms with Gasteiger partial charge in [-0.25, -0.2) is 4.98 Å². The van der Waals surface area contributed by atoms with Crippen LogP contribution in [-0.2, 0) is 4.79 Å². The van der Waals surface area contributed by atoms with Crippen molar-refractivity contribution < 1.29 is 4.79 Å². The molecule has 5 nitrogen and oxygen atoms in total. The van der Waals surface area contributed by atoms with E-state index in [4.69, 9.17) is 0 Å². The standard InChI is InChI=1S/C16H26N4OS.2ClH/c1-13(19-10-7-17-8-11-19)15(21)20(16-18-9-12-22-16)14-5-3-2-4-6-14;;/h9,12-14,17H,2-8,10-11H2,1H3;2*1H. The van der Waals surface area contributed by atoms with Crippen molar-refractivity contribution in [2.75, 3.05) is 31.1 Å². The fraction of sp³-hybridized carbons (Fsp3) is 0.750. The van der Waals surface area contributed by atoms with Crippen molar-refractivity contribution in [1.29, 1.82) is 0 Å². The van der Waals surface area contributed by atoms with Gasteiger partial charge in [0.1, 0.15) is 0 Å². The molecule has 24 heavy (non-hydrogen) atoms. The van der Waals surface area contributed by atoms with Gasteiger partial charge in [0.05, 0.1) is 6.04 Å². The maximum atomic E-state index is 13.2. The summed E-state index contributed by atoms with van der Waals surface area (Å²) < 4.78 is 0. The van der Waals surface area contributed by atoms with Gasteiger partial charge in [-0.3, -0.25) is 14.6 Å². The Morgan fingerprint density at radius 1 is 1.29 bits per heavy atom. The minimum absolute atomic E-state index is 0. The number of carbonyl (C=O) groups is 1. The minimum atomic E-state index is -0.0621. The number of hydrogen-bond donors (Lipinski definition) is 1. The van der Waals surface area contributed by atoms with Crippen LogP contribution in [0.4, 0.5) is 5.13 Å². The van der Waals surface area contributed by atoms with E-state index in [1.807, 2.05) is 10.3 Å². The van der Waals surface area contributed by atoms with Gasteiger partial charge in [-0.15, -0.1) is 36.2 Å². The lowest BCUT2D eigenvalue weighted by Gasteiger charge is -2.38. The Bertz CT molecular complexity index is 476. The molecule has 1 aliphatic heterocycles. The van der Waals surface area contributed by atoms with Gasteiger partial charge in [-0.2, -0.15) is 0 Å². The summed E-state index contributed by atoms with van der Waals surface area (Å²) in [4.78, 5) is 21.9. The number of carbonyl (C=O) groups excluding carboxylic acids is 1. The zero-order valence-electron chi connectivity index (χ0n) is 14.1. The number of nitrogens with zero attached hydrogens (tertiary/aromatic N) is 3. The maximum absolute atomic E-state index is 13.2. The third kappa shape index (κ3) is 5.05. The molecule has 1 atom stereocenters. The van der Waals surface area contributed by atoms with E-state index >= 15 is 0 Å². The van der Waals surface area contributed by atoms with Gasteiger partial charge in [-0.1, -0.05) is 19.3 Å². The first-order chi connectivity index (χ1) is 10.8. The van der Waals surface area contributed by atoms with Crippen molar-refractivity contribution in [3.05, 3.63) is 11.6 Å². The van der Waals surface area contributed by atoms with E-state index in [1.54, 1.807) is 17.5 Å². The fourth-order valence-corrected chi connectivity index (χ4v) is 4.25. The number of halogens is 2. The Labute approximate surface area is 161 Å².